The lowest BCUT2D eigenvalue weighted by Crippen LogP contribution is -2.01. The molecule has 3 aromatic rings. The fourth-order valence-electron chi connectivity index (χ4n) is 1.76. The summed E-state index contributed by atoms with van der Waals surface area (Å²) in [5.41, 5.74) is 0.0347. The van der Waals surface area contributed by atoms with Gasteiger partial charge >= 0.3 is 5.97 Å². The number of carboxylic acids is 1. The van der Waals surface area contributed by atoms with Crippen molar-refractivity contribution in [1.29, 1.82) is 0 Å². The standard InChI is InChI=1S/C13H9N3O2S2/c1-7-14-13(20-16-7)19-11-9-5-3-2-4-8(9)6-10(15-11)12(17)18/h2-6H,1H3,(H,17,18). The SMILES string of the molecule is Cc1nsc(Sc2nc(C(=O)O)cc3ccccc23)n1. The van der Waals surface area contributed by atoms with E-state index in [9.17, 15) is 4.79 Å². The Bertz CT molecular complexity index is 801. The first-order chi connectivity index (χ1) is 9.63. The third kappa shape index (κ3) is 2.50. The normalized spacial score (nSPS) is 10.8. The molecule has 0 amide bonds. The minimum absolute atomic E-state index is 0.0347. The minimum Gasteiger partial charge on any atom is -0.477 e. The average Bonchev–Trinajstić information content (AvgIpc) is 2.84. The second-order valence-electron chi connectivity index (χ2n) is 4.05. The number of benzene rings is 1. The predicted molar refractivity (Wildman–Crippen MR) is 77.5 cm³/mol. The molecule has 0 saturated carbocycles. The Labute approximate surface area is 122 Å². The van der Waals surface area contributed by atoms with Crippen LogP contribution in [0.2, 0.25) is 0 Å². The molecule has 0 spiro atoms. The number of carbonyl (C=O) groups is 1. The first-order valence-electron chi connectivity index (χ1n) is 5.75. The third-order valence-electron chi connectivity index (χ3n) is 2.62. The molecular weight excluding hydrogens is 294 g/mol. The lowest BCUT2D eigenvalue weighted by atomic mass is 10.1. The van der Waals surface area contributed by atoms with Gasteiger partial charge in [-0.3, -0.25) is 0 Å². The maximum atomic E-state index is 11.2. The van der Waals surface area contributed by atoms with Gasteiger partial charge in [-0.15, -0.1) is 0 Å². The fraction of sp³-hybridized carbons (Fsp3) is 0.0769. The largest absolute Gasteiger partial charge is 0.477 e. The van der Waals surface area contributed by atoms with Crippen molar-refractivity contribution in [2.24, 2.45) is 0 Å². The minimum atomic E-state index is -1.04. The van der Waals surface area contributed by atoms with E-state index in [-0.39, 0.29) is 5.69 Å². The molecule has 0 aliphatic heterocycles. The zero-order chi connectivity index (χ0) is 14.1. The van der Waals surface area contributed by atoms with Crippen molar-refractivity contribution >= 4 is 40.0 Å². The molecule has 0 aliphatic rings. The molecule has 0 unspecified atom stereocenters. The molecule has 1 N–H and O–H groups in total. The molecule has 0 radical (unpaired) electrons. The Morgan fingerprint density at radius 1 is 1.30 bits per heavy atom. The topological polar surface area (TPSA) is 76.0 Å². The highest BCUT2D eigenvalue weighted by atomic mass is 32.2. The van der Waals surface area contributed by atoms with Gasteiger partial charge in [0.2, 0.25) is 0 Å². The number of rotatable bonds is 3. The third-order valence-corrected chi connectivity index (χ3v) is 4.46. The number of hydrogen-bond donors (Lipinski definition) is 1. The van der Waals surface area contributed by atoms with Gasteiger partial charge in [-0.1, -0.05) is 24.3 Å². The highest BCUT2D eigenvalue weighted by molar-refractivity contribution is 8.01. The Balaban J connectivity index is 2.14. The molecule has 5 nitrogen and oxygen atoms in total. The van der Waals surface area contributed by atoms with E-state index in [0.717, 1.165) is 15.1 Å². The Kier molecular flexibility index (Phi) is 3.37. The highest BCUT2D eigenvalue weighted by Crippen LogP contribution is 2.33. The molecule has 0 atom stereocenters. The maximum Gasteiger partial charge on any atom is 0.354 e. The van der Waals surface area contributed by atoms with Crippen LogP contribution in [0.4, 0.5) is 0 Å². The van der Waals surface area contributed by atoms with Crippen LogP contribution in [0.5, 0.6) is 0 Å². The number of aryl methyl sites for hydroxylation is 1. The van der Waals surface area contributed by atoms with E-state index < -0.39 is 5.97 Å². The van der Waals surface area contributed by atoms with E-state index in [1.165, 1.54) is 23.3 Å². The van der Waals surface area contributed by atoms with Crippen molar-refractivity contribution in [1.82, 2.24) is 14.3 Å². The number of fused-ring (bicyclic) bond motifs is 1. The van der Waals surface area contributed by atoms with Crippen LogP contribution in [0.1, 0.15) is 16.3 Å². The van der Waals surface area contributed by atoms with Crippen LogP contribution in [-0.2, 0) is 0 Å². The molecule has 1 aromatic carbocycles. The molecule has 2 heterocycles. The molecule has 0 aliphatic carbocycles. The molecule has 3 rings (SSSR count). The van der Waals surface area contributed by atoms with Crippen molar-refractivity contribution in [3.63, 3.8) is 0 Å². The fourth-order valence-corrected chi connectivity index (χ4v) is 3.46. The maximum absolute atomic E-state index is 11.2. The predicted octanol–water partition coefficient (Wildman–Crippen LogP) is 3.24. The van der Waals surface area contributed by atoms with Gasteiger partial charge in [-0.05, 0) is 41.7 Å². The lowest BCUT2D eigenvalue weighted by molar-refractivity contribution is 0.0690. The summed E-state index contributed by atoms with van der Waals surface area (Å²) in [5.74, 6) is -0.331. The molecule has 0 saturated heterocycles. The molecule has 7 heteroatoms. The molecule has 20 heavy (non-hydrogen) atoms. The van der Waals surface area contributed by atoms with Crippen LogP contribution in [0.15, 0.2) is 39.7 Å². The van der Waals surface area contributed by atoms with E-state index in [1.54, 1.807) is 6.07 Å². The summed E-state index contributed by atoms with van der Waals surface area (Å²) in [4.78, 5) is 19.6. The summed E-state index contributed by atoms with van der Waals surface area (Å²) < 4.78 is 4.87. The smallest absolute Gasteiger partial charge is 0.354 e. The van der Waals surface area contributed by atoms with Gasteiger partial charge in [-0.25, -0.2) is 14.8 Å². The molecule has 0 bridgehead atoms. The Hall–Kier alpha value is -1.99. The van der Waals surface area contributed by atoms with E-state index in [4.69, 9.17) is 5.11 Å². The summed E-state index contributed by atoms with van der Waals surface area (Å²) in [6.45, 7) is 1.82. The van der Waals surface area contributed by atoms with Crippen LogP contribution in [0.3, 0.4) is 0 Å². The molecular formula is C13H9N3O2S2. The van der Waals surface area contributed by atoms with Gasteiger partial charge in [0.25, 0.3) is 0 Å². The van der Waals surface area contributed by atoms with E-state index in [2.05, 4.69) is 14.3 Å². The number of aromatic carboxylic acids is 1. The van der Waals surface area contributed by atoms with Gasteiger partial charge in [0, 0.05) is 5.39 Å². The Morgan fingerprint density at radius 3 is 2.80 bits per heavy atom. The average molecular weight is 303 g/mol. The number of aromatic nitrogens is 3. The number of pyridine rings is 1. The van der Waals surface area contributed by atoms with Crippen LogP contribution in [0.25, 0.3) is 10.8 Å². The van der Waals surface area contributed by atoms with Gasteiger partial charge in [0.1, 0.15) is 16.5 Å². The molecule has 0 fully saturated rings. The van der Waals surface area contributed by atoms with Crippen LogP contribution in [-0.4, -0.2) is 25.4 Å². The summed E-state index contributed by atoms with van der Waals surface area (Å²) in [6, 6.07) is 9.15. The number of hydrogen-bond acceptors (Lipinski definition) is 6. The summed E-state index contributed by atoms with van der Waals surface area (Å²) in [6.07, 6.45) is 0. The molecule has 2 aromatic heterocycles. The zero-order valence-electron chi connectivity index (χ0n) is 10.4. The van der Waals surface area contributed by atoms with Gasteiger partial charge in [0.05, 0.1) is 0 Å². The quantitative estimate of drug-likeness (QED) is 0.800. The second kappa shape index (κ2) is 5.18. The first-order valence-corrected chi connectivity index (χ1v) is 7.34. The van der Waals surface area contributed by atoms with Crippen LogP contribution >= 0.6 is 23.3 Å². The van der Waals surface area contributed by atoms with E-state index in [0.29, 0.717) is 10.9 Å². The highest BCUT2D eigenvalue weighted by Gasteiger charge is 2.13. The van der Waals surface area contributed by atoms with Crippen molar-refractivity contribution in [2.45, 2.75) is 16.3 Å². The summed E-state index contributed by atoms with van der Waals surface area (Å²) in [7, 11) is 0. The number of nitrogens with zero attached hydrogens (tertiary/aromatic N) is 3. The van der Waals surface area contributed by atoms with Crippen LogP contribution in [0, 0.1) is 6.92 Å². The van der Waals surface area contributed by atoms with Crippen molar-refractivity contribution in [2.75, 3.05) is 0 Å². The van der Waals surface area contributed by atoms with E-state index in [1.807, 2.05) is 31.2 Å². The lowest BCUT2D eigenvalue weighted by Gasteiger charge is -2.05. The first kappa shape index (κ1) is 13.0. The monoisotopic (exact) mass is 303 g/mol. The van der Waals surface area contributed by atoms with Crippen molar-refractivity contribution in [3.8, 4) is 0 Å². The molecule has 100 valence electrons. The van der Waals surface area contributed by atoms with Gasteiger partial charge < -0.3 is 5.11 Å². The van der Waals surface area contributed by atoms with Gasteiger partial charge in [-0.2, -0.15) is 4.37 Å². The van der Waals surface area contributed by atoms with Gasteiger partial charge in [0.15, 0.2) is 4.34 Å². The van der Waals surface area contributed by atoms with Crippen molar-refractivity contribution in [3.05, 3.63) is 41.9 Å². The summed E-state index contributed by atoms with van der Waals surface area (Å²) >= 11 is 2.62. The zero-order valence-corrected chi connectivity index (χ0v) is 12.0. The van der Waals surface area contributed by atoms with Crippen molar-refractivity contribution < 1.29 is 9.90 Å². The van der Waals surface area contributed by atoms with E-state index >= 15 is 0 Å². The number of carboxylic acid groups (broad SMARTS) is 1. The second-order valence-corrected chi connectivity index (χ2v) is 6.04. The van der Waals surface area contributed by atoms with Crippen LogP contribution < -0.4 is 0 Å². The summed E-state index contributed by atoms with van der Waals surface area (Å²) in [5, 5.41) is 11.5. The Morgan fingerprint density at radius 2 is 2.10 bits per heavy atom.